The molecule has 0 aliphatic rings. The Kier molecular flexibility index (Phi) is 3.46. The molecule has 1 aromatic heterocycles. The maximum absolute atomic E-state index is 2.31. The lowest BCUT2D eigenvalue weighted by Crippen LogP contribution is -3.00. The summed E-state index contributed by atoms with van der Waals surface area (Å²) in [6.45, 7) is 2.16. The van der Waals surface area contributed by atoms with Crippen LogP contribution in [-0.2, 0) is 0 Å². The minimum atomic E-state index is 0. The Morgan fingerprint density at radius 1 is 0.882 bits per heavy atom. The van der Waals surface area contributed by atoms with Crippen LogP contribution in [0.15, 0.2) is 54.6 Å². The Bertz CT molecular complexity index is 631. The van der Waals surface area contributed by atoms with Gasteiger partial charge in [0.1, 0.15) is 4.70 Å². The van der Waals surface area contributed by atoms with Gasteiger partial charge in [-0.2, -0.15) is 0 Å². The number of benzene rings is 2. The zero-order chi connectivity index (χ0) is 11.0. The predicted molar refractivity (Wildman–Crippen MR) is 68.1 cm³/mol. The fraction of sp³-hybridized carbons (Fsp3) is 0.0714. The van der Waals surface area contributed by atoms with Gasteiger partial charge in [-0.1, -0.05) is 41.7 Å². The molecule has 0 radical (unpaired) electrons. The number of thiazole rings is 1. The van der Waals surface area contributed by atoms with Gasteiger partial charge >= 0.3 is 0 Å². The van der Waals surface area contributed by atoms with E-state index in [-0.39, 0.29) is 12.4 Å². The Hall–Kier alpha value is -1.38. The Balaban J connectivity index is 0.00000108. The van der Waals surface area contributed by atoms with E-state index in [1.807, 2.05) is 17.4 Å². The van der Waals surface area contributed by atoms with Crippen molar-refractivity contribution in [3.63, 3.8) is 0 Å². The molecule has 17 heavy (non-hydrogen) atoms. The van der Waals surface area contributed by atoms with Crippen LogP contribution in [0.3, 0.4) is 0 Å². The van der Waals surface area contributed by atoms with E-state index in [2.05, 4.69) is 60.0 Å². The van der Waals surface area contributed by atoms with Gasteiger partial charge in [-0.25, -0.2) is 0 Å². The van der Waals surface area contributed by atoms with Crippen LogP contribution in [0.4, 0.5) is 0 Å². The molecule has 0 N–H and O–H groups in total. The summed E-state index contributed by atoms with van der Waals surface area (Å²) >= 11 is 1.84. The molecule has 0 fully saturated rings. The number of halogens is 1. The zero-order valence-electron chi connectivity index (χ0n) is 9.43. The van der Waals surface area contributed by atoms with Crippen LogP contribution in [-0.4, -0.2) is 0 Å². The topological polar surface area (TPSA) is 3.88 Å². The quantitative estimate of drug-likeness (QED) is 0.562. The number of aromatic nitrogens is 1. The van der Waals surface area contributed by atoms with Crippen molar-refractivity contribution in [2.24, 2.45) is 0 Å². The maximum Gasteiger partial charge on any atom is 0.241 e. The van der Waals surface area contributed by atoms with E-state index in [1.54, 1.807) is 0 Å². The summed E-state index contributed by atoms with van der Waals surface area (Å²) in [6, 6.07) is 19.0. The van der Waals surface area contributed by atoms with E-state index >= 15 is 0 Å². The molecule has 0 amide bonds. The number of hydrogen-bond donors (Lipinski definition) is 0. The van der Waals surface area contributed by atoms with Crippen molar-refractivity contribution in [2.75, 3.05) is 0 Å². The highest BCUT2D eigenvalue weighted by atomic mass is 35.5. The van der Waals surface area contributed by atoms with Gasteiger partial charge < -0.3 is 12.4 Å². The van der Waals surface area contributed by atoms with Crippen molar-refractivity contribution < 1.29 is 17.0 Å². The highest BCUT2D eigenvalue weighted by molar-refractivity contribution is 7.18. The molecule has 0 atom stereocenters. The molecule has 1 heterocycles. The molecule has 0 unspecified atom stereocenters. The van der Waals surface area contributed by atoms with Gasteiger partial charge in [0, 0.05) is 25.1 Å². The molecule has 3 rings (SSSR count). The number of rotatable bonds is 1. The molecular formula is C14H12ClNS. The van der Waals surface area contributed by atoms with Gasteiger partial charge in [-0.05, 0) is 6.07 Å². The van der Waals surface area contributed by atoms with Gasteiger partial charge in [0.15, 0.2) is 0 Å². The van der Waals surface area contributed by atoms with Gasteiger partial charge in [0.2, 0.25) is 16.2 Å². The maximum atomic E-state index is 2.31. The highest BCUT2D eigenvalue weighted by Crippen LogP contribution is 2.21. The average Bonchev–Trinajstić information content (AvgIpc) is 2.66. The smallest absolute Gasteiger partial charge is 0.241 e. The van der Waals surface area contributed by atoms with Crippen molar-refractivity contribution in [3.8, 4) is 5.69 Å². The summed E-state index contributed by atoms with van der Waals surface area (Å²) in [7, 11) is 0. The average molecular weight is 262 g/mol. The lowest BCUT2D eigenvalue weighted by molar-refractivity contribution is -0.569. The van der Waals surface area contributed by atoms with Crippen molar-refractivity contribution >= 4 is 21.6 Å². The standard InChI is InChI=1S/C14H12NS.ClH/c1-11-15(12-7-3-2-4-8-12)13-9-5-6-10-14(13)16-11;/h2-10H,1H3;1H/q+1;/p-1. The minimum absolute atomic E-state index is 0. The predicted octanol–water partition coefficient (Wildman–Crippen LogP) is 0.490. The molecule has 0 aliphatic carbocycles. The summed E-state index contributed by atoms with van der Waals surface area (Å²) in [4.78, 5) is 0. The van der Waals surface area contributed by atoms with Crippen molar-refractivity contribution in [3.05, 3.63) is 59.6 Å². The third-order valence-corrected chi connectivity index (χ3v) is 3.74. The van der Waals surface area contributed by atoms with Crippen LogP contribution in [0.25, 0.3) is 15.9 Å². The minimum Gasteiger partial charge on any atom is -1.00 e. The van der Waals surface area contributed by atoms with Crippen molar-refractivity contribution in [1.29, 1.82) is 0 Å². The molecule has 0 bridgehead atoms. The summed E-state index contributed by atoms with van der Waals surface area (Å²) in [5.74, 6) is 0. The van der Waals surface area contributed by atoms with E-state index in [0.29, 0.717) is 0 Å². The first-order valence-corrected chi connectivity index (χ1v) is 6.13. The number of nitrogens with zero attached hydrogens (tertiary/aromatic N) is 1. The van der Waals surface area contributed by atoms with Gasteiger partial charge in [0.05, 0.1) is 0 Å². The zero-order valence-corrected chi connectivity index (χ0v) is 11.0. The summed E-state index contributed by atoms with van der Waals surface area (Å²) in [6.07, 6.45) is 0. The van der Waals surface area contributed by atoms with Crippen molar-refractivity contribution in [2.45, 2.75) is 6.92 Å². The third kappa shape index (κ3) is 2.06. The van der Waals surface area contributed by atoms with Crippen LogP contribution in [0, 0.1) is 6.92 Å². The van der Waals surface area contributed by atoms with E-state index in [4.69, 9.17) is 0 Å². The second kappa shape index (κ2) is 4.86. The number of hydrogen-bond acceptors (Lipinski definition) is 1. The van der Waals surface area contributed by atoms with E-state index in [1.165, 1.54) is 20.9 Å². The monoisotopic (exact) mass is 261 g/mol. The summed E-state index contributed by atoms with van der Waals surface area (Å²) in [5.41, 5.74) is 2.52. The van der Waals surface area contributed by atoms with Gasteiger partial charge in [-0.15, -0.1) is 4.57 Å². The Morgan fingerprint density at radius 2 is 1.53 bits per heavy atom. The van der Waals surface area contributed by atoms with Gasteiger partial charge in [-0.3, -0.25) is 0 Å². The first-order chi connectivity index (χ1) is 7.86. The lowest BCUT2D eigenvalue weighted by Gasteiger charge is -1.94. The molecule has 1 nitrogen and oxygen atoms in total. The molecule has 0 aliphatic heterocycles. The Morgan fingerprint density at radius 3 is 2.29 bits per heavy atom. The normalized spacial score (nSPS) is 10.2. The van der Waals surface area contributed by atoms with E-state index in [0.717, 1.165) is 0 Å². The lowest BCUT2D eigenvalue weighted by atomic mass is 10.3. The second-order valence-electron chi connectivity index (χ2n) is 3.76. The summed E-state index contributed by atoms with van der Waals surface area (Å²) in [5, 5.41) is 1.31. The van der Waals surface area contributed by atoms with E-state index < -0.39 is 0 Å². The SMILES string of the molecule is Cc1sc2ccccc2[n+]1-c1ccccc1.[Cl-]. The molecule has 2 aromatic carbocycles. The van der Waals surface area contributed by atoms with Gasteiger partial charge in [0.25, 0.3) is 0 Å². The first-order valence-electron chi connectivity index (χ1n) is 5.32. The molecule has 0 spiro atoms. The Labute approximate surface area is 111 Å². The molecule has 86 valence electrons. The largest absolute Gasteiger partial charge is 1.00 e. The highest BCUT2D eigenvalue weighted by Gasteiger charge is 2.18. The molecule has 0 saturated heterocycles. The summed E-state index contributed by atoms with van der Waals surface area (Å²) < 4.78 is 3.64. The van der Waals surface area contributed by atoms with Crippen LogP contribution in [0.2, 0.25) is 0 Å². The van der Waals surface area contributed by atoms with Crippen LogP contribution < -0.4 is 17.0 Å². The van der Waals surface area contributed by atoms with E-state index in [9.17, 15) is 0 Å². The van der Waals surface area contributed by atoms with Crippen LogP contribution >= 0.6 is 11.3 Å². The fourth-order valence-electron chi connectivity index (χ4n) is 2.00. The fourth-order valence-corrected chi connectivity index (χ4v) is 3.02. The molecule has 3 aromatic rings. The first kappa shape index (κ1) is 12.1. The third-order valence-electron chi connectivity index (χ3n) is 2.69. The number of fused-ring (bicyclic) bond motifs is 1. The van der Waals surface area contributed by atoms with Crippen LogP contribution in [0.1, 0.15) is 5.01 Å². The number of aryl methyl sites for hydroxylation is 1. The number of para-hydroxylation sites is 2. The van der Waals surface area contributed by atoms with Crippen LogP contribution in [0.5, 0.6) is 0 Å². The molecule has 0 saturated carbocycles. The van der Waals surface area contributed by atoms with Crippen molar-refractivity contribution in [1.82, 2.24) is 0 Å². The second-order valence-corrected chi connectivity index (χ2v) is 4.99. The molecular weight excluding hydrogens is 250 g/mol. The molecule has 3 heteroatoms.